The molecule has 4 nitrogen and oxygen atoms in total. The fourth-order valence-corrected chi connectivity index (χ4v) is 2.34. The van der Waals surface area contributed by atoms with Gasteiger partial charge in [0.1, 0.15) is 13.2 Å². The molecule has 2 unspecified atom stereocenters. The Labute approximate surface area is 86.1 Å². The van der Waals surface area contributed by atoms with Gasteiger partial charge in [0.15, 0.2) is 6.29 Å². The van der Waals surface area contributed by atoms with Crippen molar-refractivity contribution in [2.24, 2.45) is 5.92 Å². The first-order chi connectivity index (χ1) is 6.76. The summed E-state index contributed by atoms with van der Waals surface area (Å²) in [5.41, 5.74) is 0. The van der Waals surface area contributed by atoms with Crippen molar-refractivity contribution in [2.45, 2.75) is 32.3 Å². The van der Waals surface area contributed by atoms with Gasteiger partial charge in [-0.05, 0) is 6.42 Å². The molecule has 5 heteroatoms. The van der Waals surface area contributed by atoms with Gasteiger partial charge in [0.25, 0.3) is 0 Å². The number of rotatable bonds is 2. The Bertz CT molecular complexity index is 183. The molecule has 2 aliphatic rings. The molecule has 0 radical (unpaired) electrons. The van der Waals surface area contributed by atoms with E-state index in [1.54, 1.807) is 0 Å². The van der Waals surface area contributed by atoms with Crippen LogP contribution in [0.4, 0.5) is 0 Å². The minimum Gasteiger partial charge on any atom is -0.347 e. The molecule has 14 heavy (non-hydrogen) atoms. The first-order valence-corrected chi connectivity index (χ1v) is 6.15. The van der Waals surface area contributed by atoms with Crippen LogP contribution in [0, 0.1) is 5.92 Å². The van der Waals surface area contributed by atoms with Gasteiger partial charge in [0, 0.05) is 14.7 Å². The van der Waals surface area contributed by atoms with Crippen molar-refractivity contribution in [1.82, 2.24) is 0 Å². The van der Waals surface area contributed by atoms with Gasteiger partial charge in [0.2, 0.25) is 5.79 Å². The fraction of sp³-hybridized carbons (Fsp3) is 1.00. The van der Waals surface area contributed by atoms with E-state index in [1.807, 2.05) is 0 Å². The van der Waals surface area contributed by atoms with Crippen LogP contribution in [-0.2, 0) is 18.7 Å². The molecule has 2 saturated heterocycles. The molecule has 2 fully saturated rings. The molecule has 2 rings (SSSR count). The maximum Gasteiger partial charge on any atom is 0.219 e. The molecule has 0 bridgehead atoms. The molecule has 0 aromatic carbocycles. The van der Waals surface area contributed by atoms with Gasteiger partial charge in [-0.2, -0.15) is 0 Å². The number of hydrogen-bond acceptors (Lipinski definition) is 4. The van der Waals surface area contributed by atoms with Crippen molar-refractivity contribution in [3.8, 4) is 0 Å². The van der Waals surface area contributed by atoms with Gasteiger partial charge in [0.05, 0.1) is 6.35 Å². The van der Waals surface area contributed by atoms with Crippen molar-refractivity contribution in [3.63, 3.8) is 0 Å². The third kappa shape index (κ3) is 2.10. The third-order valence-electron chi connectivity index (χ3n) is 2.70. The van der Waals surface area contributed by atoms with Crippen LogP contribution >= 0.6 is 8.81 Å². The van der Waals surface area contributed by atoms with Gasteiger partial charge >= 0.3 is 0 Å². The van der Waals surface area contributed by atoms with E-state index in [9.17, 15) is 0 Å². The molecule has 0 aromatic rings. The Morgan fingerprint density at radius 2 is 2.14 bits per heavy atom. The second-order valence-electron chi connectivity index (χ2n) is 3.82. The summed E-state index contributed by atoms with van der Waals surface area (Å²) in [7, 11) is 0.415. The zero-order valence-electron chi connectivity index (χ0n) is 8.62. The highest BCUT2D eigenvalue weighted by molar-refractivity contribution is 7.32. The molecule has 0 saturated carbocycles. The topological polar surface area (TPSA) is 36.9 Å². The van der Waals surface area contributed by atoms with Crippen LogP contribution in [-0.4, -0.2) is 31.6 Å². The highest BCUT2D eigenvalue weighted by Crippen LogP contribution is 2.37. The zero-order valence-corrected chi connectivity index (χ0v) is 9.62. The van der Waals surface area contributed by atoms with E-state index in [-0.39, 0.29) is 6.29 Å². The lowest BCUT2D eigenvalue weighted by molar-refractivity contribution is -0.316. The second kappa shape index (κ2) is 4.42. The van der Waals surface area contributed by atoms with E-state index in [0.717, 1.165) is 6.42 Å². The Hall–Kier alpha value is 0.270. The average molecular weight is 220 g/mol. The van der Waals surface area contributed by atoms with Crippen LogP contribution in [0.25, 0.3) is 0 Å². The summed E-state index contributed by atoms with van der Waals surface area (Å²) in [6.45, 7) is 5.25. The molecule has 82 valence electrons. The molecule has 1 spiro atoms. The van der Waals surface area contributed by atoms with Crippen molar-refractivity contribution in [3.05, 3.63) is 0 Å². The number of ether oxygens (including phenoxy) is 3. The monoisotopic (exact) mass is 220 g/mol. The lowest BCUT2D eigenvalue weighted by atomic mass is 10.1. The minimum absolute atomic E-state index is 0.0956. The fourth-order valence-electron chi connectivity index (χ4n) is 1.52. The molecule has 0 amide bonds. The summed E-state index contributed by atoms with van der Waals surface area (Å²) < 4.78 is 22.2. The summed E-state index contributed by atoms with van der Waals surface area (Å²) in [6.07, 6.45) is 1.63. The molecule has 2 heterocycles. The number of hydrogen-bond donors (Lipinski definition) is 0. The van der Waals surface area contributed by atoms with E-state index in [0.29, 0.717) is 34.3 Å². The Morgan fingerprint density at radius 3 is 2.64 bits per heavy atom. The highest BCUT2D eigenvalue weighted by Gasteiger charge is 2.43. The van der Waals surface area contributed by atoms with Gasteiger partial charge in [-0.25, -0.2) is 0 Å². The van der Waals surface area contributed by atoms with Gasteiger partial charge < -0.3 is 18.7 Å². The molecule has 2 atom stereocenters. The van der Waals surface area contributed by atoms with Gasteiger partial charge in [-0.15, -0.1) is 0 Å². The van der Waals surface area contributed by atoms with Crippen LogP contribution < -0.4 is 0 Å². The van der Waals surface area contributed by atoms with E-state index < -0.39 is 5.79 Å². The first-order valence-electron chi connectivity index (χ1n) is 5.04. The highest BCUT2D eigenvalue weighted by atomic mass is 31.1. The van der Waals surface area contributed by atoms with Crippen LogP contribution in [0.5, 0.6) is 0 Å². The largest absolute Gasteiger partial charge is 0.347 e. The van der Waals surface area contributed by atoms with Crippen molar-refractivity contribution in [1.29, 1.82) is 0 Å². The summed E-state index contributed by atoms with van der Waals surface area (Å²) in [5.74, 6) is -0.168. The smallest absolute Gasteiger partial charge is 0.219 e. The molecule has 0 N–H and O–H groups in total. The summed E-state index contributed by atoms with van der Waals surface area (Å²) in [6, 6.07) is 0. The quantitative estimate of drug-likeness (QED) is 0.664. The van der Waals surface area contributed by atoms with Crippen LogP contribution in [0.1, 0.15) is 20.3 Å². The maximum absolute atomic E-state index is 5.60. The van der Waals surface area contributed by atoms with E-state index >= 15 is 0 Å². The van der Waals surface area contributed by atoms with Crippen LogP contribution in [0.15, 0.2) is 0 Å². The molecule has 0 aromatic heterocycles. The first kappa shape index (κ1) is 10.8. The van der Waals surface area contributed by atoms with Crippen LogP contribution in [0.3, 0.4) is 0 Å². The Balaban J connectivity index is 1.85. The van der Waals surface area contributed by atoms with Gasteiger partial charge in [-0.3, -0.25) is 0 Å². The predicted octanol–water partition coefficient (Wildman–Crippen LogP) is 1.70. The second-order valence-corrected chi connectivity index (χ2v) is 4.60. The molecule has 0 aliphatic carbocycles. The van der Waals surface area contributed by atoms with Gasteiger partial charge in [-0.1, -0.05) is 13.8 Å². The minimum atomic E-state index is -0.595. The zero-order chi connectivity index (χ0) is 10.0. The van der Waals surface area contributed by atoms with E-state index in [2.05, 4.69) is 13.8 Å². The molecular formula is C9H17O4P. The van der Waals surface area contributed by atoms with E-state index in [4.69, 9.17) is 18.7 Å². The summed E-state index contributed by atoms with van der Waals surface area (Å²) in [5, 5.41) is 0. The van der Waals surface area contributed by atoms with Crippen molar-refractivity contribution >= 4 is 8.81 Å². The molecule has 2 aliphatic heterocycles. The van der Waals surface area contributed by atoms with Crippen molar-refractivity contribution in [2.75, 3.05) is 19.6 Å². The lowest BCUT2D eigenvalue weighted by Crippen LogP contribution is -2.49. The van der Waals surface area contributed by atoms with Crippen LogP contribution in [0.2, 0.25) is 0 Å². The Morgan fingerprint density at radius 1 is 1.43 bits per heavy atom. The summed E-state index contributed by atoms with van der Waals surface area (Å²) in [4.78, 5) is 0. The average Bonchev–Trinajstić information content (AvgIpc) is 2.67. The summed E-state index contributed by atoms with van der Waals surface area (Å²) >= 11 is 0. The van der Waals surface area contributed by atoms with Crippen molar-refractivity contribution < 1.29 is 18.7 Å². The SMILES string of the molecule is CCC(C)C1OCC2(CO1)OCPO2. The predicted molar refractivity (Wildman–Crippen MR) is 53.2 cm³/mol. The normalized spacial score (nSPS) is 42.0. The third-order valence-corrected chi connectivity index (χ3v) is 3.47. The molecular weight excluding hydrogens is 203 g/mol. The van der Waals surface area contributed by atoms with E-state index in [1.165, 1.54) is 0 Å². The lowest BCUT2D eigenvalue weighted by Gasteiger charge is -2.37. The Kier molecular flexibility index (Phi) is 3.40. The standard InChI is InChI=1S/C9H17O4P/c1-3-7(2)8-10-4-9(5-11-8)12-6-14-13-9/h7-8,14H,3-6H2,1-2H3. The maximum atomic E-state index is 5.60.